The van der Waals surface area contributed by atoms with E-state index in [1.54, 1.807) is 20.8 Å². The molecule has 8 heteroatoms. The number of hydrogen-bond donors (Lipinski definition) is 0. The van der Waals surface area contributed by atoms with Gasteiger partial charge in [-0.25, -0.2) is 0 Å². The third kappa shape index (κ3) is 4.92. The van der Waals surface area contributed by atoms with Crippen molar-refractivity contribution in [1.82, 2.24) is 0 Å². The Bertz CT molecular complexity index is 520. The molecule has 0 atom stereocenters. The monoisotopic (exact) mass is 328 g/mol. The lowest BCUT2D eigenvalue weighted by Gasteiger charge is -2.18. The third-order valence-electron chi connectivity index (χ3n) is 2.77. The topological polar surface area (TPSA) is 26.3 Å². The molecule has 1 aromatic rings. The van der Waals surface area contributed by atoms with Crippen LogP contribution in [-0.4, -0.2) is 12.4 Å². The highest BCUT2D eigenvalue weighted by Crippen LogP contribution is 2.38. The van der Waals surface area contributed by atoms with Crippen LogP contribution in [0.3, 0.4) is 0 Å². The molecule has 0 radical (unpaired) electrons. The van der Waals surface area contributed by atoms with Crippen molar-refractivity contribution in [3.63, 3.8) is 0 Å². The Morgan fingerprint density at radius 3 is 1.64 bits per heavy atom. The van der Waals surface area contributed by atoms with Crippen molar-refractivity contribution in [3.8, 4) is 5.75 Å². The molecule has 0 saturated carbocycles. The summed E-state index contributed by atoms with van der Waals surface area (Å²) in [6.07, 6.45) is -9.90. The quantitative estimate of drug-likeness (QED) is 0.751. The predicted octanol–water partition coefficient (Wildman–Crippen LogP) is 4.72. The van der Waals surface area contributed by atoms with Crippen LogP contribution in [0.5, 0.6) is 5.75 Å². The fourth-order valence-corrected chi connectivity index (χ4v) is 1.38. The van der Waals surface area contributed by atoms with Crippen molar-refractivity contribution in [2.75, 3.05) is 6.61 Å². The van der Waals surface area contributed by atoms with Gasteiger partial charge in [0.1, 0.15) is 12.4 Å². The van der Waals surface area contributed by atoms with Gasteiger partial charge in [-0.1, -0.05) is 20.8 Å². The van der Waals surface area contributed by atoms with Crippen LogP contribution in [0.2, 0.25) is 0 Å². The van der Waals surface area contributed by atoms with Crippen molar-refractivity contribution in [3.05, 3.63) is 29.3 Å². The summed E-state index contributed by atoms with van der Waals surface area (Å²) in [5.41, 5.74) is -3.78. The average molecular weight is 328 g/mol. The molecule has 0 aliphatic rings. The molecule has 0 fully saturated rings. The number of carbonyl (C=O) groups excluding carboxylic acids is 1. The number of carbonyl (C=O) groups is 1. The summed E-state index contributed by atoms with van der Waals surface area (Å²) in [6.45, 7) is 4.08. The minimum absolute atomic E-state index is 0.00155. The van der Waals surface area contributed by atoms with Crippen molar-refractivity contribution in [2.45, 2.75) is 33.1 Å². The predicted molar refractivity (Wildman–Crippen MR) is 66.4 cm³/mol. The number of Topliss-reactive ketones (excluding diaryl/α,β-unsaturated/α-hetero) is 1. The Balaban J connectivity index is 3.12. The molecule has 2 nitrogen and oxygen atoms in total. The van der Waals surface area contributed by atoms with Gasteiger partial charge in [0.25, 0.3) is 0 Å². The minimum atomic E-state index is -4.95. The first kappa shape index (κ1) is 18.3. The number of rotatable bonds is 3. The molecular weight excluding hydrogens is 314 g/mol. The van der Waals surface area contributed by atoms with Gasteiger partial charge in [0.2, 0.25) is 0 Å². The highest BCUT2D eigenvalue weighted by atomic mass is 19.4. The molecule has 0 unspecified atom stereocenters. The van der Waals surface area contributed by atoms with Gasteiger partial charge in [0, 0.05) is 5.41 Å². The molecule has 0 N–H and O–H groups in total. The number of ketones is 1. The molecule has 1 aromatic carbocycles. The summed E-state index contributed by atoms with van der Waals surface area (Å²) in [6, 6.07) is 0.870. The highest BCUT2D eigenvalue weighted by Gasteiger charge is 2.37. The summed E-state index contributed by atoms with van der Waals surface area (Å²) in [4.78, 5) is 11.6. The van der Waals surface area contributed by atoms with Gasteiger partial charge in [-0.05, 0) is 18.2 Å². The first-order valence-electron chi connectivity index (χ1n) is 6.17. The molecule has 0 aliphatic heterocycles. The molecule has 0 bridgehead atoms. The third-order valence-corrected chi connectivity index (χ3v) is 2.77. The zero-order chi connectivity index (χ0) is 17.3. The standard InChI is InChI=1S/C14H14F6O2/c1-12(2,3)11(21)7-22-10-5-8(13(15,16)17)4-9(6-10)14(18,19)20/h4-6H,7H2,1-3H3. The number of alkyl halides is 6. The maximum Gasteiger partial charge on any atom is 0.416 e. The molecule has 0 heterocycles. The number of ether oxygens (including phenoxy) is 1. The molecule has 0 saturated heterocycles. The van der Waals surface area contributed by atoms with E-state index in [4.69, 9.17) is 4.74 Å². The van der Waals surface area contributed by atoms with Crippen LogP contribution in [-0.2, 0) is 17.1 Å². The van der Waals surface area contributed by atoms with E-state index in [0.29, 0.717) is 12.1 Å². The van der Waals surface area contributed by atoms with Crippen LogP contribution >= 0.6 is 0 Å². The summed E-state index contributed by atoms with van der Waals surface area (Å²) >= 11 is 0. The second-order valence-electron chi connectivity index (χ2n) is 5.70. The Labute approximate surface area is 123 Å². The second-order valence-corrected chi connectivity index (χ2v) is 5.70. The van der Waals surface area contributed by atoms with E-state index in [2.05, 4.69) is 0 Å². The van der Waals surface area contributed by atoms with Crippen molar-refractivity contribution >= 4 is 5.78 Å². The molecule has 0 amide bonds. The zero-order valence-corrected chi connectivity index (χ0v) is 12.0. The lowest BCUT2D eigenvalue weighted by molar-refractivity contribution is -0.143. The van der Waals surface area contributed by atoms with E-state index in [1.165, 1.54) is 0 Å². The van der Waals surface area contributed by atoms with Gasteiger partial charge in [-0.2, -0.15) is 26.3 Å². The maximum atomic E-state index is 12.6. The van der Waals surface area contributed by atoms with Crippen molar-refractivity contribution in [2.24, 2.45) is 5.41 Å². The smallest absolute Gasteiger partial charge is 0.416 e. The van der Waals surface area contributed by atoms with Crippen LogP contribution in [0, 0.1) is 5.41 Å². The summed E-state index contributed by atoms with van der Waals surface area (Å²) in [5.74, 6) is -1.10. The van der Waals surface area contributed by atoms with E-state index in [9.17, 15) is 31.1 Å². The van der Waals surface area contributed by atoms with E-state index < -0.39 is 47.0 Å². The first-order valence-corrected chi connectivity index (χ1v) is 6.17. The number of hydrogen-bond acceptors (Lipinski definition) is 2. The molecule has 0 aliphatic carbocycles. The molecule has 0 aromatic heterocycles. The van der Waals surface area contributed by atoms with Gasteiger partial charge in [0.05, 0.1) is 11.1 Å². The van der Waals surface area contributed by atoms with Crippen LogP contribution in [0.25, 0.3) is 0 Å². The van der Waals surface area contributed by atoms with Crippen LogP contribution < -0.4 is 4.74 Å². The van der Waals surface area contributed by atoms with Crippen LogP contribution in [0.15, 0.2) is 18.2 Å². The Kier molecular flexibility index (Phi) is 4.84. The second kappa shape index (κ2) is 5.81. The van der Waals surface area contributed by atoms with Gasteiger partial charge in [0.15, 0.2) is 5.78 Å². The van der Waals surface area contributed by atoms with Crippen LogP contribution in [0.4, 0.5) is 26.3 Å². The Hall–Kier alpha value is -1.73. The summed E-state index contributed by atoms with van der Waals surface area (Å²) < 4.78 is 80.6. The SMILES string of the molecule is CC(C)(C)C(=O)COc1cc(C(F)(F)F)cc(C(F)(F)F)c1. The number of halogens is 6. The highest BCUT2D eigenvalue weighted by molar-refractivity contribution is 5.85. The molecular formula is C14H14F6O2. The first-order chi connectivity index (χ1) is 9.71. The lowest BCUT2D eigenvalue weighted by atomic mass is 9.91. The fraction of sp³-hybridized carbons (Fsp3) is 0.500. The number of benzene rings is 1. The molecule has 1 rings (SSSR count). The van der Waals surface area contributed by atoms with E-state index >= 15 is 0 Å². The minimum Gasteiger partial charge on any atom is -0.486 e. The maximum absolute atomic E-state index is 12.6. The van der Waals surface area contributed by atoms with Gasteiger partial charge >= 0.3 is 12.4 Å². The zero-order valence-electron chi connectivity index (χ0n) is 12.0. The van der Waals surface area contributed by atoms with Gasteiger partial charge in [-0.15, -0.1) is 0 Å². The normalized spacial score (nSPS) is 13.1. The van der Waals surface area contributed by atoms with E-state index in [1.807, 2.05) is 0 Å². The molecule has 124 valence electrons. The molecule has 0 spiro atoms. The van der Waals surface area contributed by atoms with E-state index in [0.717, 1.165) is 0 Å². The molecule has 22 heavy (non-hydrogen) atoms. The van der Waals surface area contributed by atoms with Gasteiger partial charge in [-0.3, -0.25) is 4.79 Å². The Morgan fingerprint density at radius 1 is 0.909 bits per heavy atom. The van der Waals surface area contributed by atoms with Crippen molar-refractivity contribution in [1.29, 1.82) is 0 Å². The van der Waals surface area contributed by atoms with E-state index in [-0.39, 0.29) is 6.07 Å². The van der Waals surface area contributed by atoms with Crippen LogP contribution in [0.1, 0.15) is 31.9 Å². The van der Waals surface area contributed by atoms with Gasteiger partial charge < -0.3 is 4.74 Å². The average Bonchev–Trinajstić information content (AvgIpc) is 2.32. The lowest BCUT2D eigenvalue weighted by Crippen LogP contribution is -2.26. The van der Waals surface area contributed by atoms with Crippen molar-refractivity contribution < 1.29 is 35.9 Å². The largest absolute Gasteiger partial charge is 0.486 e. The summed E-state index contributed by atoms with van der Waals surface area (Å²) in [5, 5.41) is 0. The fourth-order valence-electron chi connectivity index (χ4n) is 1.38. The Morgan fingerprint density at radius 2 is 1.32 bits per heavy atom. The summed E-state index contributed by atoms with van der Waals surface area (Å²) in [7, 11) is 0.